The van der Waals surface area contributed by atoms with E-state index in [-0.39, 0.29) is 11.8 Å². The van der Waals surface area contributed by atoms with Gasteiger partial charge in [-0.2, -0.15) is 0 Å². The monoisotopic (exact) mass is 220 g/mol. The Balaban J connectivity index is 2.42. The van der Waals surface area contributed by atoms with E-state index < -0.39 is 9.84 Å². The fraction of sp³-hybridized carbons (Fsp3) is 1.00. The van der Waals surface area contributed by atoms with E-state index >= 15 is 0 Å². The van der Waals surface area contributed by atoms with Crippen molar-refractivity contribution in [3.8, 4) is 0 Å². The van der Waals surface area contributed by atoms with Crippen molar-refractivity contribution in [2.75, 3.05) is 25.1 Å². The molecule has 2 N–H and O–H groups in total. The van der Waals surface area contributed by atoms with Crippen molar-refractivity contribution in [1.82, 2.24) is 4.90 Å². The van der Waals surface area contributed by atoms with Crippen molar-refractivity contribution >= 4 is 9.84 Å². The Hall–Kier alpha value is -0.130. The molecule has 84 valence electrons. The van der Waals surface area contributed by atoms with Crippen LogP contribution in [0.1, 0.15) is 19.8 Å². The quantitative estimate of drug-likeness (QED) is 0.718. The molecule has 0 aliphatic carbocycles. The van der Waals surface area contributed by atoms with Gasteiger partial charge in [0.1, 0.15) is 9.84 Å². The predicted molar refractivity (Wildman–Crippen MR) is 58.0 cm³/mol. The molecule has 4 nitrogen and oxygen atoms in total. The van der Waals surface area contributed by atoms with Crippen molar-refractivity contribution in [2.24, 2.45) is 5.73 Å². The summed E-state index contributed by atoms with van der Waals surface area (Å²) in [6.45, 7) is 3.58. The van der Waals surface area contributed by atoms with Crippen LogP contribution in [0.15, 0.2) is 0 Å². The number of sulfone groups is 1. The van der Waals surface area contributed by atoms with Crippen LogP contribution in [-0.4, -0.2) is 50.5 Å². The third-order valence-corrected chi connectivity index (χ3v) is 3.72. The molecule has 0 bridgehead atoms. The van der Waals surface area contributed by atoms with Gasteiger partial charge in [-0.25, -0.2) is 8.42 Å². The summed E-state index contributed by atoms with van der Waals surface area (Å²) >= 11 is 0. The molecule has 0 spiro atoms. The summed E-state index contributed by atoms with van der Waals surface area (Å²) in [5.74, 6) is 0.240. The molecule has 0 aromatic heterocycles. The minimum Gasteiger partial charge on any atom is -0.327 e. The zero-order valence-corrected chi connectivity index (χ0v) is 9.76. The molecule has 0 aromatic carbocycles. The lowest BCUT2D eigenvalue weighted by Crippen LogP contribution is -2.48. The molecule has 5 heteroatoms. The Labute approximate surface area is 86.4 Å². The molecule has 14 heavy (non-hydrogen) atoms. The molecule has 0 saturated carbocycles. The second kappa shape index (κ2) is 4.59. The number of hydrogen-bond donors (Lipinski definition) is 1. The number of piperidine rings is 1. The summed E-state index contributed by atoms with van der Waals surface area (Å²) in [6.07, 6.45) is 3.41. The Morgan fingerprint density at radius 3 is 2.64 bits per heavy atom. The molecule has 0 aromatic rings. The lowest BCUT2D eigenvalue weighted by Gasteiger charge is -2.36. The molecule has 1 aliphatic heterocycles. The molecule has 1 rings (SSSR count). The minimum atomic E-state index is -2.85. The molecular weight excluding hydrogens is 200 g/mol. The minimum absolute atomic E-state index is 0.214. The van der Waals surface area contributed by atoms with Crippen molar-refractivity contribution < 1.29 is 8.42 Å². The van der Waals surface area contributed by atoms with Crippen LogP contribution in [0.25, 0.3) is 0 Å². The van der Waals surface area contributed by atoms with Gasteiger partial charge in [0.2, 0.25) is 0 Å². The van der Waals surface area contributed by atoms with Crippen molar-refractivity contribution in [2.45, 2.75) is 31.8 Å². The summed E-state index contributed by atoms with van der Waals surface area (Å²) in [6, 6.07) is 0.683. The van der Waals surface area contributed by atoms with Gasteiger partial charge in [-0.3, -0.25) is 4.90 Å². The smallest absolute Gasteiger partial charge is 0.148 e. The summed E-state index contributed by atoms with van der Waals surface area (Å²) in [5, 5.41) is 0. The highest BCUT2D eigenvalue weighted by Crippen LogP contribution is 2.15. The van der Waals surface area contributed by atoms with Crippen LogP contribution in [0.3, 0.4) is 0 Å². The Bertz CT molecular complexity index is 277. The maximum atomic E-state index is 11.0. The second-order valence-corrected chi connectivity index (χ2v) is 6.57. The standard InChI is InChI=1S/C9H20N2O2S/c1-8-3-4-9(10)7-11(8)5-6-14(2,12)13/h8-9H,3-7,10H2,1-2H3. The molecule has 1 fully saturated rings. The largest absolute Gasteiger partial charge is 0.327 e. The molecule has 2 unspecified atom stereocenters. The van der Waals surface area contributed by atoms with E-state index in [2.05, 4.69) is 11.8 Å². The number of nitrogens with zero attached hydrogens (tertiary/aromatic N) is 1. The fourth-order valence-electron chi connectivity index (χ4n) is 1.81. The lowest BCUT2D eigenvalue weighted by molar-refractivity contribution is 0.154. The van der Waals surface area contributed by atoms with Crippen LogP contribution in [0.5, 0.6) is 0 Å². The number of likely N-dealkylation sites (tertiary alicyclic amines) is 1. The number of rotatable bonds is 3. The van der Waals surface area contributed by atoms with Crippen molar-refractivity contribution in [1.29, 1.82) is 0 Å². The predicted octanol–water partition coefficient (Wildman–Crippen LogP) is -0.157. The third-order valence-electron chi connectivity index (χ3n) is 2.80. The normalized spacial score (nSPS) is 30.5. The van der Waals surface area contributed by atoms with Gasteiger partial charge in [0, 0.05) is 31.4 Å². The van der Waals surface area contributed by atoms with Gasteiger partial charge in [0.25, 0.3) is 0 Å². The average molecular weight is 220 g/mol. The van der Waals surface area contributed by atoms with E-state index in [1.807, 2.05) is 0 Å². The SMILES string of the molecule is CC1CCC(N)CN1CCS(C)(=O)=O. The maximum absolute atomic E-state index is 11.0. The van der Waals surface area contributed by atoms with Gasteiger partial charge in [-0.15, -0.1) is 0 Å². The van der Waals surface area contributed by atoms with E-state index in [1.165, 1.54) is 6.26 Å². The van der Waals surface area contributed by atoms with Crippen LogP contribution >= 0.6 is 0 Å². The van der Waals surface area contributed by atoms with Gasteiger partial charge < -0.3 is 5.73 Å². The second-order valence-electron chi connectivity index (χ2n) is 4.31. The topological polar surface area (TPSA) is 63.4 Å². The van der Waals surface area contributed by atoms with E-state index in [0.717, 1.165) is 19.4 Å². The fourth-order valence-corrected chi connectivity index (χ4v) is 2.37. The lowest BCUT2D eigenvalue weighted by atomic mass is 10.0. The molecule has 1 heterocycles. The highest BCUT2D eigenvalue weighted by Gasteiger charge is 2.23. The average Bonchev–Trinajstić information content (AvgIpc) is 2.05. The van der Waals surface area contributed by atoms with E-state index in [4.69, 9.17) is 5.73 Å². The first kappa shape index (κ1) is 11.9. The molecule has 0 radical (unpaired) electrons. The first-order chi connectivity index (χ1) is 6.38. The van der Waals surface area contributed by atoms with Crippen molar-refractivity contribution in [3.05, 3.63) is 0 Å². The summed E-state index contributed by atoms with van der Waals surface area (Å²) in [5.41, 5.74) is 5.84. The van der Waals surface area contributed by atoms with Gasteiger partial charge in [0.15, 0.2) is 0 Å². The van der Waals surface area contributed by atoms with Crippen LogP contribution in [0, 0.1) is 0 Å². The van der Waals surface area contributed by atoms with Gasteiger partial charge in [-0.05, 0) is 19.8 Å². The summed E-state index contributed by atoms with van der Waals surface area (Å²) < 4.78 is 22.0. The zero-order valence-electron chi connectivity index (χ0n) is 8.94. The van der Waals surface area contributed by atoms with Crippen LogP contribution < -0.4 is 5.73 Å². The Morgan fingerprint density at radius 2 is 2.07 bits per heavy atom. The third kappa shape index (κ3) is 3.94. The molecule has 0 amide bonds. The Kier molecular flexibility index (Phi) is 3.92. The van der Waals surface area contributed by atoms with E-state index in [9.17, 15) is 8.42 Å². The molecule has 1 aliphatic rings. The van der Waals surface area contributed by atoms with Crippen LogP contribution in [0.2, 0.25) is 0 Å². The van der Waals surface area contributed by atoms with E-state index in [1.54, 1.807) is 0 Å². The Morgan fingerprint density at radius 1 is 1.43 bits per heavy atom. The molecule has 1 saturated heterocycles. The maximum Gasteiger partial charge on any atom is 0.148 e. The number of nitrogens with two attached hydrogens (primary N) is 1. The van der Waals surface area contributed by atoms with Crippen LogP contribution in [-0.2, 0) is 9.84 Å². The summed E-state index contributed by atoms with van der Waals surface area (Å²) in [4.78, 5) is 2.18. The highest BCUT2D eigenvalue weighted by molar-refractivity contribution is 7.90. The number of hydrogen-bond acceptors (Lipinski definition) is 4. The molecule has 2 atom stereocenters. The van der Waals surface area contributed by atoms with Crippen LogP contribution in [0.4, 0.5) is 0 Å². The van der Waals surface area contributed by atoms with Crippen molar-refractivity contribution in [3.63, 3.8) is 0 Å². The highest BCUT2D eigenvalue weighted by atomic mass is 32.2. The van der Waals surface area contributed by atoms with Gasteiger partial charge in [0.05, 0.1) is 5.75 Å². The molecular formula is C9H20N2O2S. The first-order valence-electron chi connectivity index (χ1n) is 5.06. The van der Waals surface area contributed by atoms with E-state index in [0.29, 0.717) is 12.6 Å². The zero-order chi connectivity index (χ0) is 10.8. The van der Waals surface area contributed by atoms with Gasteiger partial charge in [-0.1, -0.05) is 0 Å². The summed E-state index contributed by atoms with van der Waals surface area (Å²) in [7, 11) is -2.85. The van der Waals surface area contributed by atoms with Gasteiger partial charge >= 0.3 is 0 Å². The first-order valence-corrected chi connectivity index (χ1v) is 7.12.